The van der Waals surface area contributed by atoms with Crippen LogP contribution in [-0.4, -0.2) is 16.1 Å². The van der Waals surface area contributed by atoms with E-state index in [4.69, 9.17) is 0 Å². The lowest BCUT2D eigenvalue weighted by molar-refractivity contribution is 0.112. The van der Waals surface area contributed by atoms with E-state index < -0.39 is 0 Å². The van der Waals surface area contributed by atoms with E-state index in [-0.39, 0.29) is 0 Å². The minimum atomic E-state index is 0.505. The predicted octanol–water partition coefficient (Wildman–Crippen LogP) is 3.45. The first-order valence-electron chi connectivity index (χ1n) is 6.68. The third-order valence-corrected chi connectivity index (χ3v) is 4.24. The number of aromatic nitrogens is 2. The first-order valence-corrected chi connectivity index (χ1v) is 6.68. The first-order chi connectivity index (χ1) is 8.17. The molecule has 0 atom stereocenters. The Morgan fingerprint density at radius 1 is 1.29 bits per heavy atom. The Morgan fingerprint density at radius 3 is 2.41 bits per heavy atom. The van der Waals surface area contributed by atoms with Crippen molar-refractivity contribution in [3.05, 3.63) is 17.0 Å². The van der Waals surface area contributed by atoms with Crippen LogP contribution < -0.4 is 0 Å². The maximum atomic E-state index is 11.0. The van der Waals surface area contributed by atoms with Gasteiger partial charge in [0.15, 0.2) is 6.29 Å². The fourth-order valence-corrected chi connectivity index (χ4v) is 3.00. The molecule has 0 saturated heterocycles. The molecule has 0 spiro atoms. The summed E-state index contributed by atoms with van der Waals surface area (Å²) < 4.78 is 2.09. The molecule has 1 aromatic rings. The number of aldehydes is 1. The molecular weight excluding hydrogens is 212 g/mol. The van der Waals surface area contributed by atoms with Crippen LogP contribution in [0.2, 0.25) is 0 Å². The Hall–Kier alpha value is -1.12. The highest BCUT2D eigenvalue weighted by Gasteiger charge is 2.24. The summed E-state index contributed by atoms with van der Waals surface area (Å²) in [5, 5.41) is 4.54. The molecule has 3 heteroatoms. The Morgan fingerprint density at radius 2 is 1.94 bits per heavy atom. The lowest BCUT2D eigenvalue weighted by atomic mass is 9.84. The average molecular weight is 234 g/mol. The summed E-state index contributed by atoms with van der Waals surface area (Å²) in [6.45, 7) is 6.21. The van der Waals surface area contributed by atoms with Crippen molar-refractivity contribution in [3.8, 4) is 0 Å². The molecule has 0 unspecified atom stereocenters. The largest absolute Gasteiger partial charge is 0.298 e. The molecular formula is C14H22N2O. The molecule has 1 heterocycles. The summed E-state index contributed by atoms with van der Waals surface area (Å²) >= 11 is 0. The van der Waals surface area contributed by atoms with Gasteiger partial charge in [0.25, 0.3) is 0 Å². The zero-order chi connectivity index (χ0) is 12.4. The number of nitrogens with zero attached hydrogens (tertiary/aromatic N) is 2. The van der Waals surface area contributed by atoms with Gasteiger partial charge in [-0.15, -0.1) is 0 Å². The summed E-state index contributed by atoms with van der Waals surface area (Å²) in [5.41, 5.74) is 2.69. The van der Waals surface area contributed by atoms with Gasteiger partial charge in [0.2, 0.25) is 0 Å². The van der Waals surface area contributed by atoms with Crippen LogP contribution in [0, 0.1) is 19.8 Å². The van der Waals surface area contributed by atoms with Crippen molar-refractivity contribution >= 4 is 6.29 Å². The Kier molecular flexibility index (Phi) is 3.65. The van der Waals surface area contributed by atoms with Gasteiger partial charge in [-0.05, 0) is 45.4 Å². The smallest absolute Gasteiger partial charge is 0.153 e. The van der Waals surface area contributed by atoms with Crippen LogP contribution in [0.15, 0.2) is 0 Å². The highest BCUT2D eigenvalue weighted by atomic mass is 16.1. The van der Waals surface area contributed by atoms with Crippen LogP contribution >= 0.6 is 0 Å². The fraction of sp³-hybridized carbons (Fsp3) is 0.714. The average Bonchev–Trinajstić information content (AvgIpc) is 2.64. The lowest BCUT2D eigenvalue weighted by Gasteiger charge is -2.28. The molecule has 3 nitrogen and oxygen atoms in total. The van der Waals surface area contributed by atoms with Gasteiger partial charge in [0.1, 0.15) is 0 Å². The molecule has 0 aliphatic heterocycles. The third kappa shape index (κ3) is 2.28. The monoisotopic (exact) mass is 234 g/mol. The maximum absolute atomic E-state index is 11.0. The molecule has 0 amide bonds. The molecule has 0 bridgehead atoms. The van der Waals surface area contributed by atoms with Gasteiger partial charge in [0, 0.05) is 5.69 Å². The minimum Gasteiger partial charge on any atom is -0.298 e. The lowest BCUT2D eigenvalue weighted by Crippen LogP contribution is -2.19. The summed E-state index contributed by atoms with van der Waals surface area (Å²) in [4.78, 5) is 11.0. The van der Waals surface area contributed by atoms with Gasteiger partial charge in [-0.2, -0.15) is 5.10 Å². The zero-order valence-corrected chi connectivity index (χ0v) is 11.1. The normalized spacial score (nSPS) is 24.9. The van der Waals surface area contributed by atoms with E-state index in [0.717, 1.165) is 29.2 Å². The standard InChI is InChI=1S/C14H22N2O/c1-4-12-5-7-13(8-6-12)16-11(3)14(9-17)10(2)15-16/h9,12-13H,4-8H2,1-3H3. The maximum Gasteiger partial charge on any atom is 0.153 e. The van der Waals surface area contributed by atoms with E-state index in [9.17, 15) is 4.79 Å². The second-order valence-corrected chi connectivity index (χ2v) is 5.23. The number of hydrogen-bond acceptors (Lipinski definition) is 2. The van der Waals surface area contributed by atoms with E-state index >= 15 is 0 Å². The van der Waals surface area contributed by atoms with Gasteiger partial charge in [-0.25, -0.2) is 0 Å². The van der Waals surface area contributed by atoms with Gasteiger partial charge < -0.3 is 0 Å². The Labute approximate surface area is 103 Å². The SMILES string of the molecule is CCC1CCC(n2nc(C)c(C=O)c2C)CC1. The van der Waals surface area contributed by atoms with Crippen LogP contribution in [0.3, 0.4) is 0 Å². The summed E-state index contributed by atoms with van der Waals surface area (Å²) in [6.07, 6.45) is 7.25. The van der Waals surface area contributed by atoms with E-state index in [1.807, 2.05) is 13.8 Å². The van der Waals surface area contributed by atoms with E-state index in [2.05, 4.69) is 16.7 Å². The summed E-state index contributed by atoms with van der Waals surface area (Å²) in [7, 11) is 0. The van der Waals surface area contributed by atoms with Crippen molar-refractivity contribution in [3.63, 3.8) is 0 Å². The quantitative estimate of drug-likeness (QED) is 0.751. The first kappa shape index (κ1) is 12.3. The van der Waals surface area contributed by atoms with E-state index in [1.54, 1.807) is 0 Å². The number of rotatable bonds is 3. The van der Waals surface area contributed by atoms with Crippen LogP contribution in [0.5, 0.6) is 0 Å². The molecule has 1 aromatic heterocycles. The fourth-order valence-electron chi connectivity index (χ4n) is 3.00. The third-order valence-electron chi connectivity index (χ3n) is 4.24. The molecule has 2 rings (SSSR count). The van der Waals surface area contributed by atoms with Gasteiger partial charge >= 0.3 is 0 Å². The highest BCUT2D eigenvalue weighted by Crippen LogP contribution is 2.34. The molecule has 1 saturated carbocycles. The highest BCUT2D eigenvalue weighted by molar-refractivity contribution is 5.78. The number of carbonyl (C=O) groups excluding carboxylic acids is 1. The van der Waals surface area contributed by atoms with Crippen molar-refractivity contribution in [1.29, 1.82) is 0 Å². The van der Waals surface area contributed by atoms with Crippen LogP contribution in [0.25, 0.3) is 0 Å². The van der Waals surface area contributed by atoms with Crippen LogP contribution in [-0.2, 0) is 0 Å². The van der Waals surface area contributed by atoms with Crippen molar-refractivity contribution < 1.29 is 4.79 Å². The van der Waals surface area contributed by atoms with Crippen LogP contribution in [0.4, 0.5) is 0 Å². The molecule has 1 fully saturated rings. The van der Waals surface area contributed by atoms with Crippen LogP contribution in [0.1, 0.15) is 66.8 Å². The number of hydrogen-bond donors (Lipinski definition) is 0. The molecule has 0 radical (unpaired) electrons. The minimum absolute atomic E-state index is 0.505. The van der Waals surface area contributed by atoms with Crippen molar-refractivity contribution in [2.75, 3.05) is 0 Å². The molecule has 1 aliphatic rings. The van der Waals surface area contributed by atoms with Gasteiger partial charge in [-0.3, -0.25) is 9.48 Å². The summed E-state index contributed by atoms with van der Waals surface area (Å²) in [6, 6.07) is 0.505. The summed E-state index contributed by atoms with van der Waals surface area (Å²) in [5.74, 6) is 0.897. The Bertz CT molecular complexity index is 401. The van der Waals surface area contributed by atoms with Crippen molar-refractivity contribution in [1.82, 2.24) is 9.78 Å². The molecule has 0 aromatic carbocycles. The van der Waals surface area contributed by atoms with Crippen molar-refractivity contribution in [2.45, 2.75) is 58.9 Å². The predicted molar refractivity (Wildman–Crippen MR) is 68.4 cm³/mol. The van der Waals surface area contributed by atoms with E-state index in [1.165, 1.54) is 32.1 Å². The van der Waals surface area contributed by atoms with Crippen molar-refractivity contribution in [2.24, 2.45) is 5.92 Å². The van der Waals surface area contributed by atoms with Gasteiger partial charge in [-0.1, -0.05) is 13.3 Å². The Balaban J connectivity index is 2.16. The molecule has 1 aliphatic carbocycles. The topological polar surface area (TPSA) is 34.9 Å². The second kappa shape index (κ2) is 5.03. The molecule has 17 heavy (non-hydrogen) atoms. The second-order valence-electron chi connectivity index (χ2n) is 5.23. The van der Waals surface area contributed by atoms with Gasteiger partial charge in [0.05, 0.1) is 17.3 Å². The molecule has 94 valence electrons. The number of carbonyl (C=O) groups is 1. The molecule has 0 N–H and O–H groups in total. The van der Waals surface area contributed by atoms with E-state index in [0.29, 0.717) is 6.04 Å². The zero-order valence-electron chi connectivity index (χ0n) is 11.1. The number of aryl methyl sites for hydroxylation is 1.